The molecule has 0 heterocycles. The zero-order valence-corrected chi connectivity index (χ0v) is 13.9. The molecule has 0 aliphatic heterocycles. The van der Waals surface area contributed by atoms with Gasteiger partial charge in [-0.15, -0.1) is 0 Å². The average Bonchev–Trinajstić information content (AvgIpc) is 2.60. The molecule has 0 aromatic heterocycles. The molecule has 26 heavy (non-hydrogen) atoms. The van der Waals surface area contributed by atoms with Crippen LogP contribution in [-0.4, -0.2) is 18.4 Å². The first-order valence-electron chi connectivity index (χ1n) is 7.73. The fraction of sp³-hybridized carbons (Fsp3) is 0.222. The third kappa shape index (κ3) is 4.59. The van der Waals surface area contributed by atoms with Crippen molar-refractivity contribution in [2.24, 2.45) is 0 Å². The van der Waals surface area contributed by atoms with E-state index in [2.05, 4.69) is 5.32 Å². The summed E-state index contributed by atoms with van der Waals surface area (Å²) in [5.41, 5.74) is -0.172. The van der Waals surface area contributed by atoms with Crippen molar-refractivity contribution in [3.63, 3.8) is 0 Å². The van der Waals surface area contributed by atoms with Crippen LogP contribution in [0.3, 0.4) is 0 Å². The van der Waals surface area contributed by atoms with Gasteiger partial charge in [-0.2, -0.15) is 0 Å². The molecule has 0 saturated carbocycles. The van der Waals surface area contributed by atoms with Crippen LogP contribution in [0.2, 0.25) is 0 Å². The summed E-state index contributed by atoms with van der Waals surface area (Å²) in [6.07, 6.45) is -0.230. The normalized spacial score (nSPS) is 10.5. The van der Waals surface area contributed by atoms with Crippen molar-refractivity contribution in [3.8, 4) is 0 Å². The number of halogens is 4. The molecule has 138 valence electrons. The number of hydrogen-bond acceptors (Lipinski definition) is 2. The Hall–Kier alpha value is -2.90. The van der Waals surface area contributed by atoms with E-state index in [-0.39, 0.29) is 25.1 Å². The molecule has 4 nitrogen and oxygen atoms in total. The molecule has 1 N–H and O–H groups in total. The molecule has 0 atom stereocenters. The van der Waals surface area contributed by atoms with Crippen LogP contribution in [0.5, 0.6) is 0 Å². The molecule has 0 saturated heterocycles. The number of hydrogen-bond donors (Lipinski definition) is 1. The minimum atomic E-state index is -1.70. The highest BCUT2D eigenvalue weighted by Gasteiger charge is 2.21. The van der Waals surface area contributed by atoms with Gasteiger partial charge in [0, 0.05) is 32.0 Å². The summed E-state index contributed by atoms with van der Waals surface area (Å²) < 4.78 is 53.7. The van der Waals surface area contributed by atoms with E-state index < -0.39 is 40.8 Å². The van der Waals surface area contributed by atoms with Gasteiger partial charge in [-0.3, -0.25) is 9.59 Å². The molecule has 2 amide bonds. The number of nitrogens with one attached hydrogen (secondary N) is 1. The number of benzene rings is 2. The SMILES string of the molecule is CC(=O)N(CCC(=O)NCc1ccccc1F)c1ccc(F)c(F)c1F. The van der Waals surface area contributed by atoms with E-state index in [1.807, 2.05) is 0 Å². The van der Waals surface area contributed by atoms with Crippen LogP contribution in [0.25, 0.3) is 0 Å². The van der Waals surface area contributed by atoms with Crippen LogP contribution in [0, 0.1) is 23.3 Å². The van der Waals surface area contributed by atoms with Gasteiger partial charge in [-0.1, -0.05) is 18.2 Å². The molecule has 0 aliphatic carbocycles. The highest BCUT2D eigenvalue weighted by atomic mass is 19.2. The Bertz CT molecular complexity index is 827. The summed E-state index contributed by atoms with van der Waals surface area (Å²) >= 11 is 0. The first kappa shape index (κ1) is 19.4. The number of carbonyl (C=O) groups is 2. The molecule has 2 rings (SSSR count). The molecule has 0 bridgehead atoms. The third-order valence-corrected chi connectivity index (χ3v) is 3.68. The second-order valence-corrected chi connectivity index (χ2v) is 5.48. The van der Waals surface area contributed by atoms with Crippen molar-refractivity contribution in [2.75, 3.05) is 11.4 Å². The minimum Gasteiger partial charge on any atom is -0.352 e. The molecule has 2 aromatic carbocycles. The van der Waals surface area contributed by atoms with E-state index in [1.54, 1.807) is 6.07 Å². The Morgan fingerprint density at radius 2 is 1.65 bits per heavy atom. The van der Waals surface area contributed by atoms with Crippen molar-refractivity contribution in [1.29, 1.82) is 0 Å². The fourth-order valence-corrected chi connectivity index (χ4v) is 2.31. The van der Waals surface area contributed by atoms with E-state index >= 15 is 0 Å². The van der Waals surface area contributed by atoms with Gasteiger partial charge in [-0.05, 0) is 18.2 Å². The smallest absolute Gasteiger partial charge is 0.223 e. The lowest BCUT2D eigenvalue weighted by molar-refractivity contribution is -0.121. The topological polar surface area (TPSA) is 49.4 Å². The van der Waals surface area contributed by atoms with Gasteiger partial charge in [0.05, 0.1) is 5.69 Å². The van der Waals surface area contributed by atoms with Gasteiger partial charge in [0.2, 0.25) is 11.8 Å². The summed E-state index contributed by atoms with van der Waals surface area (Å²) in [6, 6.07) is 7.52. The van der Waals surface area contributed by atoms with E-state index in [1.165, 1.54) is 18.2 Å². The van der Waals surface area contributed by atoms with Gasteiger partial charge in [-0.25, -0.2) is 17.6 Å². The van der Waals surface area contributed by atoms with Gasteiger partial charge in [0.25, 0.3) is 0 Å². The van der Waals surface area contributed by atoms with Gasteiger partial charge in [0.15, 0.2) is 17.5 Å². The first-order chi connectivity index (χ1) is 12.3. The van der Waals surface area contributed by atoms with Crippen molar-refractivity contribution >= 4 is 17.5 Å². The molecule has 0 spiro atoms. The van der Waals surface area contributed by atoms with Crippen molar-refractivity contribution < 1.29 is 27.2 Å². The molecule has 0 fully saturated rings. The zero-order valence-electron chi connectivity index (χ0n) is 13.9. The lowest BCUT2D eigenvalue weighted by Crippen LogP contribution is -2.34. The number of amides is 2. The lowest BCUT2D eigenvalue weighted by atomic mass is 10.2. The van der Waals surface area contributed by atoms with Crippen LogP contribution in [0.4, 0.5) is 23.2 Å². The lowest BCUT2D eigenvalue weighted by Gasteiger charge is -2.21. The predicted molar refractivity (Wildman–Crippen MR) is 87.2 cm³/mol. The Morgan fingerprint density at radius 3 is 2.31 bits per heavy atom. The second kappa shape index (κ2) is 8.46. The van der Waals surface area contributed by atoms with E-state index in [0.29, 0.717) is 6.07 Å². The van der Waals surface area contributed by atoms with Crippen molar-refractivity contribution in [3.05, 3.63) is 65.2 Å². The zero-order chi connectivity index (χ0) is 19.3. The molecule has 0 unspecified atom stereocenters. The average molecular weight is 368 g/mol. The third-order valence-electron chi connectivity index (χ3n) is 3.68. The molecule has 0 radical (unpaired) electrons. The van der Waals surface area contributed by atoms with Crippen LogP contribution in [0.15, 0.2) is 36.4 Å². The Kier molecular flexibility index (Phi) is 6.32. The van der Waals surface area contributed by atoms with Crippen LogP contribution >= 0.6 is 0 Å². The molecule has 0 aliphatic rings. The van der Waals surface area contributed by atoms with Gasteiger partial charge in [0.1, 0.15) is 5.82 Å². The number of rotatable bonds is 6. The first-order valence-corrected chi connectivity index (χ1v) is 7.73. The second-order valence-electron chi connectivity index (χ2n) is 5.48. The monoisotopic (exact) mass is 368 g/mol. The predicted octanol–water partition coefficient (Wildman–Crippen LogP) is 3.30. The summed E-state index contributed by atoms with van der Waals surface area (Å²) in [7, 11) is 0. The Balaban J connectivity index is 2.01. The fourth-order valence-electron chi connectivity index (χ4n) is 2.31. The highest BCUT2D eigenvalue weighted by Crippen LogP contribution is 2.24. The van der Waals surface area contributed by atoms with Gasteiger partial charge < -0.3 is 10.2 Å². The van der Waals surface area contributed by atoms with E-state index in [0.717, 1.165) is 17.9 Å². The van der Waals surface area contributed by atoms with Gasteiger partial charge >= 0.3 is 0 Å². The van der Waals surface area contributed by atoms with Crippen LogP contribution in [-0.2, 0) is 16.1 Å². The maximum absolute atomic E-state index is 13.9. The standard InChI is InChI=1S/C18H16F4N2O2/c1-11(25)24(15-7-6-14(20)17(21)18(15)22)9-8-16(26)23-10-12-4-2-3-5-13(12)19/h2-7H,8-10H2,1H3,(H,23,26). The Morgan fingerprint density at radius 1 is 0.962 bits per heavy atom. The summed E-state index contributed by atoms with van der Waals surface area (Å²) in [4.78, 5) is 24.4. The van der Waals surface area contributed by atoms with E-state index in [4.69, 9.17) is 0 Å². The van der Waals surface area contributed by atoms with Crippen LogP contribution in [0.1, 0.15) is 18.9 Å². The maximum atomic E-state index is 13.9. The highest BCUT2D eigenvalue weighted by molar-refractivity contribution is 5.92. The number of nitrogens with zero attached hydrogens (tertiary/aromatic N) is 1. The molecule has 2 aromatic rings. The number of carbonyl (C=O) groups excluding carboxylic acids is 2. The molecule has 8 heteroatoms. The van der Waals surface area contributed by atoms with Crippen molar-refractivity contribution in [2.45, 2.75) is 19.9 Å². The summed E-state index contributed by atoms with van der Waals surface area (Å²) in [5.74, 6) is -6.21. The maximum Gasteiger partial charge on any atom is 0.223 e. The van der Waals surface area contributed by atoms with Crippen LogP contribution < -0.4 is 10.2 Å². The van der Waals surface area contributed by atoms with E-state index in [9.17, 15) is 27.2 Å². The molecular weight excluding hydrogens is 352 g/mol. The van der Waals surface area contributed by atoms with Crippen molar-refractivity contribution in [1.82, 2.24) is 5.32 Å². The minimum absolute atomic E-state index is 0.0505. The summed E-state index contributed by atoms with van der Waals surface area (Å²) in [6.45, 7) is 0.809. The quantitative estimate of drug-likeness (QED) is 0.628. The Labute approximate surface area is 147 Å². The largest absolute Gasteiger partial charge is 0.352 e. The number of anilines is 1. The summed E-state index contributed by atoms with van der Waals surface area (Å²) in [5, 5.41) is 2.48. The molecular formula is C18H16F4N2O2.